The molecule has 1 heterocycles. The first kappa shape index (κ1) is 21.7. The number of aliphatic carboxylic acids is 1. The van der Waals surface area contributed by atoms with E-state index in [0.29, 0.717) is 0 Å². The minimum absolute atomic E-state index is 0.0230. The predicted octanol–water partition coefficient (Wildman–Crippen LogP) is 3.73. The molecule has 0 spiro atoms. The monoisotopic (exact) mass is 406 g/mol. The van der Waals surface area contributed by atoms with Gasteiger partial charge in [-0.2, -0.15) is 0 Å². The topological polar surface area (TPSA) is 106 Å². The van der Waals surface area contributed by atoms with Crippen molar-refractivity contribution < 1.29 is 23.1 Å². The Kier molecular flexibility index (Phi) is 6.34. The molecule has 0 aliphatic carbocycles. The number of benzene rings is 1. The van der Waals surface area contributed by atoms with Gasteiger partial charge in [0.2, 0.25) is 0 Å². The lowest BCUT2D eigenvalue weighted by Crippen LogP contribution is -2.25. The number of sulfonamides is 1. The molecular weight excluding hydrogens is 380 g/mol. The molecule has 1 aromatic heterocycles. The number of aryl methyl sites for hydroxylation is 1. The number of carboxylic acids is 1. The van der Waals surface area contributed by atoms with Crippen LogP contribution in [-0.2, 0) is 20.2 Å². The number of nitrogens with one attached hydrogen (secondary N) is 1. The maximum Gasteiger partial charge on any atom is 0.344 e. The second kappa shape index (κ2) is 8.18. The van der Waals surface area contributed by atoms with Crippen LogP contribution in [-0.4, -0.2) is 30.6 Å². The molecule has 0 fully saturated rings. The summed E-state index contributed by atoms with van der Waals surface area (Å²) in [6.45, 7) is 9.22. The number of aromatic nitrogens is 1. The molecule has 1 unspecified atom stereocenters. The molecule has 0 aliphatic rings. The summed E-state index contributed by atoms with van der Waals surface area (Å²) in [5.74, 6) is -1.04. The number of hydrogen-bond donors (Lipinski definition) is 2. The Morgan fingerprint density at radius 2 is 1.96 bits per heavy atom. The molecule has 0 aliphatic heterocycles. The zero-order valence-electron chi connectivity index (χ0n) is 16.7. The molecule has 0 saturated heterocycles. The van der Waals surface area contributed by atoms with Crippen LogP contribution in [0.5, 0.6) is 5.75 Å². The average Bonchev–Trinajstić information content (AvgIpc) is 2.63. The van der Waals surface area contributed by atoms with E-state index in [1.165, 1.54) is 19.1 Å². The van der Waals surface area contributed by atoms with E-state index in [2.05, 4.69) is 9.71 Å². The molecule has 152 valence electrons. The first-order valence-electron chi connectivity index (χ1n) is 8.96. The lowest BCUT2D eigenvalue weighted by molar-refractivity contribution is -0.144. The van der Waals surface area contributed by atoms with Gasteiger partial charge in [-0.3, -0.25) is 4.72 Å². The van der Waals surface area contributed by atoms with E-state index in [0.717, 1.165) is 17.5 Å². The van der Waals surface area contributed by atoms with E-state index >= 15 is 0 Å². The quantitative estimate of drug-likeness (QED) is 0.692. The second-order valence-electron chi connectivity index (χ2n) is 7.32. The number of carboxylic acid groups (broad SMARTS) is 1. The van der Waals surface area contributed by atoms with Crippen molar-refractivity contribution in [1.29, 1.82) is 0 Å². The normalized spacial score (nSPS) is 13.0. The SMILES string of the molecule is CCC(C)(C)c1ccc(OC(C)C(=O)O)c(S(=O)(=O)Nc2ccc(C)cn2)c1. The molecule has 7 nitrogen and oxygen atoms in total. The fourth-order valence-corrected chi connectivity index (χ4v) is 3.57. The summed E-state index contributed by atoms with van der Waals surface area (Å²) in [6.07, 6.45) is 1.15. The van der Waals surface area contributed by atoms with Crippen LogP contribution in [0.1, 0.15) is 45.2 Å². The largest absolute Gasteiger partial charge is 0.479 e. The Morgan fingerprint density at radius 1 is 1.29 bits per heavy atom. The van der Waals surface area contributed by atoms with Crippen molar-refractivity contribution in [2.24, 2.45) is 0 Å². The summed E-state index contributed by atoms with van der Waals surface area (Å²) in [6, 6.07) is 8.10. The number of ether oxygens (including phenoxy) is 1. The summed E-state index contributed by atoms with van der Waals surface area (Å²) in [7, 11) is -4.05. The summed E-state index contributed by atoms with van der Waals surface area (Å²) in [4.78, 5) is 15.1. The van der Waals surface area contributed by atoms with E-state index in [4.69, 9.17) is 9.84 Å². The third-order valence-corrected chi connectivity index (χ3v) is 6.08. The van der Waals surface area contributed by atoms with Crippen LogP contribution in [0.25, 0.3) is 0 Å². The van der Waals surface area contributed by atoms with Gasteiger partial charge >= 0.3 is 5.97 Å². The van der Waals surface area contributed by atoms with E-state index in [1.807, 2.05) is 27.7 Å². The van der Waals surface area contributed by atoms with Crippen molar-refractivity contribution in [1.82, 2.24) is 4.98 Å². The van der Waals surface area contributed by atoms with E-state index in [1.54, 1.807) is 24.4 Å². The zero-order valence-corrected chi connectivity index (χ0v) is 17.5. The smallest absolute Gasteiger partial charge is 0.344 e. The van der Waals surface area contributed by atoms with Crippen molar-refractivity contribution in [3.8, 4) is 5.75 Å². The maximum absolute atomic E-state index is 13.0. The van der Waals surface area contributed by atoms with Gasteiger partial charge in [0.1, 0.15) is 16.5 Å². The van der Waals surface area contributed by atoms with Crippen molar-refractivity contribution >= 4 is 21.8 Å². The summed E-state index contributed by atoms with van der Waals surface area (Å²) in [5.41, 5.74) is 1.44. The molecule has 2 aromatic rings. The Balaban J connectivity index is 2.53. The third-order valence-electron chi connectivity index (χ3n) is 4.70. The molecule has 1 aromatic carbocycles. The van der Waals surface area contributed by atoms with Crippen LogP contribution in [0, 0.1) is 6.92 Å². The van der Waals surface area contributed by atoms with Crippen molar-refractivity contribution in [3.63, 3.8) is 0 Å². The van der Waals surface area contributed by atoms with Crippen LogP contribution in [0.15, 0.2) is 41.4 Å². The summed E-state index contributed by atoms with van der Waals surface area (Å²) in [5, 5.41) is 9.12. The molecule has 0 amide bonds. The van der Waals surface area contributed by atoms with E-state index in [-0.39, 0.29) is 21.9 Å². The van der Waals surface area contributed by atoms with E-state index < -0.39 is 22.1 Å². The highest BCUT2D eigenvalue weighted by Crippen LogP contribution is 2.34. The van der Waals surface area contributed by atoms with Gasteiger partial charge in [-0.25, -0.2) is 18.2 Å². The first-order valence-corrected chi connectivity index (χ1v) is 10.4. The second-order valence-corrected chi connectivity index (χ2v) is 8.97. The van der Waals surface area contributed by atoms with Gasteiger partial charge in [0, 0.05) is 6.20 Å². The number of carbonyl (C=O) groups is 1. The van der Waals surface area contributed by atoms with Crippen LogP contribution in [0.2, 0.25) is 0 Å². The maximum atomic E-state index is 13.0. The Morgan fingerprint density at radius 3 is 2.50 bits per heavy atom. The lowest BCUT2D eigenvalue weighted by Gasteiger charge is -2.25. The number of rotatable bonds is 8. The third kappa shape index (κ3) is 5.01. The number of pyridine rings is 1. The van der Waals surface area contributed by atoms with Gasteiger partial charge in [-0.1, -0.05) is 32.9 Å². The average molecular weight is 407 g/mol. The number of hydrogen-bond acceptors (Lipinski definition) is 5. The van der Waals surface area contributed by atoms with Crippen molar-refractivity contribution in [2.75, 3.05) is 4.72 Å². The predicted molar refractivity (Wildman–Crippen MR) is 107 cm³/mol. The highest BCUT2D eigenvalue weighted by Gasteiger charge is 2.27. The standard InChI is InChI=1S/C20H26N2O5S/c1-6-20(4,5)15-8-9-16(27-14(3)19(23)24)17(11-15)28(25,26)22-18-10-7-13(2)12-21-18/h7-12,14H,6H2,1-5H3,(H,21,22)(H,23,24). The molecule has 2 N–H and O–H groups in total. The number of nitrogens with zero attached hydrogens (tertiary/aromatic N) is 1. The molecule has 1 atom stereocenters. The molecule has 8 heteroatoms. The fraction of sp³-hybridized carbons (Fsp3) is 0.400. The Hall–Kier alpha value is -2.61. The molecule has 0 bridgehead atoms. The molecule has 0 radical (unpaired) electrons. The van der Waals surface area contributed by atoms with E-state index in [9.17, 15) is 13.2 Å². The van der Waals surface area contributed by atoms with Gasteiger partial charge in [0.05, 0.1) is 0 Å². The van der Waals surface area contributed by atoms with Crippen LogP contribution >= 0.6 is 0 Å². The van der Waals surface area contributed by atoms with Gasteiger partial charge in [0.25, 0.3) is 10.0 Å². The first-order chi connectivity index (χ1) is 13.0. The highest BCUT2D eigenvalue weighted by atomic mass is 32.2. The molecule has 28 heavy (non-hydrogen) atoms. The minimum Gasteiger partial charge on any atom is -0.479 e. The van der Waals surface area contributed by atoms with Crippen molar-refractivity contribution in [2.45, 2.75) is 57.5 Å². The van der Waals surface area contributed by atoms with Crippen LogP contribution in [0.4, 0.5) is 5.82 Å². The molecule has 0 saturated carbocycles. The highest BCUT2D eigenvalue weighted by molar-refractivity contribution is 7.92. The molecular formula is C20H26N2O5S. The Bertz CT molecular complexity index is 953. The summed E-state index contributed by atoms with van der Waals surface area (Å²) < 4.78 is 33.9. The van der Waals surface area contributed by atoms with Gasteiger partial charge in [-0.15, -0.1) is 0 Å². The lowest BCUT2D eigenvalue weighted by atomic mass is 9.82. The molecule has 2 rings (SSSR count). The van der Waals surface area contributed by atoms with Crippen LogP contribution < -0.4 is 9.46 Å². The minimum atomic E-state index is -4.05. The van der Waals surface area contributed by atoms with Gasteiger partial charge < -0.3 is 9.84 Å². The zero-order chi connectivity index (χ0) is 21.1. The summed E-state index contributed by atoms with van der Waals surface area (Å²) >= 11 is 0. The van der Waals surface area contributed by atoms with Gasteiger partial charge in [-0.05, 0) is 55.0 Å². The van der Waals surface area contributed by atoms with Gasteiger partial charge in [0.15, 0.2) is 6.10 Å². The van der Waals surface area contributed by atoms with Crippen LogP contribution in [0.3, 0.4) is 0 Å². The Labute approximate surface area is 165 Å². The number of anilines is 1. The fourth-order valence-electron chi connectivity index (χ4n) is 2.40. The van der Waals surface area contributed by atoms with Crippen molar-refractivity contribution in [3.05, 3.63) is 47.7 Å².